The molecule has 2 N–H and O–H groups in total. The lowest BCUT2D eigenvalue weighted by Gasteiger charge is -2.34. The van der Waals surface area contributed by atoms with Crippen molar-refractivity contribution in [2.75, 3.05) is 14.2 Å². The molecule has 0 saturated heterocycles. The number of para-hydroxylation sites is 1. The van der Waals surface area contributed by atoms with E-state index in [-0.39, 0.29) is 23.2 Å². The highest BCUT2D eigenvalue weighted by atomic mass is 16.5. The maximum absolute atomic E-state index is 13.3. The van der Waals surface area contributed by atoms with E-state index in [1.165, 1.54) is 7.11 Å². The number of carbonyl (C=O) groups is 1. The van der Waals surface area contributed by atoms with Crippen LogP contribution in [0.4, 0.5) is 0 Å². The molecule has 6 heteroatoms. The zero-order chi connectivity index (χ0) is 21.3. The van der Waals surface area contributed by atoms with Crippen molar-refractivity contribution >= 4 is 5.78 Å². The lowest BCUT2D eigenvalue weighted by Crippen LogP contribution is -2.30. The van der Waals surface area contributed by atoms with Crippen LogP contribution in [0.5, 0.6) is 11.5 Å². The quantitative estimate of drug-likeness (QED) is 0.833. The van der Waals surface area contributed by atoms with Gasteiger partial charge in [-0.05, 0) is 17.5 Å². The van der Waals surface area contributed by atoms with E-state index in [1.807, 2.05) is 36.4 Å². The Bertz CT molecular complexity index is 1100. The van der Waals surface area contributed by atoms with Crippen LogP contribution in [0.2, 0.25) is 0 Å². The number of hydrogen-bond donors (Lipinski definition) is 1. The predicted molar refractivity (Wildman–Crippen MR) is 111 cm³/mol. The van der Waals surface area contributed by atoms with Crippen LogP contribution < -0.4 is 15.2 Å². The Balaban J connectivity index is 1.85. The molecule has 0 radical (unpaired) electrons. The molecular weight excluding hydrogens is 380 g/mol. The number of nitriles is 1. The van der Waals surface area contributed by atoms with Crippen molar-refractivity contribution in [1.82, 2.24) is 0 Å². The number of hydrogen-bond acceptors (Lipinski definition) is 6. The SMILES string of the molecule is COc1cccc(C2C(C#N)=C(N)OC3=C2C(=O)CC(c2ccccc2)C3)c1OC. The molecule has 30 heavy (non-hydrogen) atoms. The van der Waals surface area contributed by atoms with E-state index in [0.29, 0.717) is 41.2 Å². The first kappa shape index (κ1) is 19.6. The molecule has 1 aliphatic carbocycles. The Labute approximate surface area is 175 Å². The fourth-order valence-corrected chi connectivity index (χ4v) is 4.32. The zero-order valence-electron chi connectivity index (χ0n) is 16.8. The van der Waals surface area contributed by atoms with Gasteiger partial charge in [0.2, 0.25) is 5.88 Å². The summed E-state index contributed by atoms with van der Waals surface area (Å²) in [5, 5.41) is 9.82. The second kappa shape index (κ2) is 7.96. The number of ether oxygens (including phenoxy) is 3. The molecule has 2 atom stereocenters. The minimum absolute atomic E-state index is 0.00161. The summed E-state index contributed by atoms with van der Waals surface area (Å²) in [5.74, 6) is 0.816. The maximum Gasteiger partial charge on any atom is 0.205 e. The summed E-state index contributed by atoms with van der Waals surface area (Å²) in [6.07, 6.45) is 0.876. The summed E-state index contributed by atoms with van der Waals surface area (Å²) in [6.45, 7) is 0. The summed E-state index contributed by atoms with van der Waals surface area (Å²) in [7, 11) is 3.07. The Morgan fingerprint density at radius 1 is 1.07 bits per heavy atom. The minimum Gasteiger partial charge on any atom is -0.493 e. The van der Waals surface area contributed by atoms with Crippen molar-refractivity contribution in [1.29, 1.82) is 5.26 Å². The van der Waals surface area contributed by atoms with E-state index >= 15 is 0 Å². The Hall–Kier alpha value is -3.72. The lowest BCUT2D eigenvalue weighted by atomic mass is 9.73. The summed E-state index contributed by atoms with van der Waals surface area (Å²) < 4.78 is 16.8. The first-order valence-corrected chi connectivity index (χ1v) is 9.68. The third kappa shape index (κ3) is 3.18. The molecule has 2 aromatic rings. The summed E-state index contributed by atoms with van der Waals surface area (Å²) in [4.78, 5) is 13.3. The van der Waals surface area contributed by atoms with Crippen molar-refractivity contribution < 1.29 is 19.0 Å². The van der Waals surface area contributed by atoms with E-state index in [9.17, 15) is 10.1 Å². The average molecular weight is 402 g/mol. The first-order valence-electron chi connectivity index (χ1n) is 9.68. The van der Waals surface area contributed by atoms with E-state index in [4.69, 9.17) is 19.9 Å². The number of ketones is 1. The van der Waals surface area contributed by atoms with Gasteiger partial charge in [-0.2, -0.15) is 5.26 Å². The van der Waals surface area contributed by atoms with Gasteiger partial charge in [-0.1, -0.05) is 42.5 Å². The van der Waals surface area contributed by atoms with Crippen LogP contribution in [0.15, 0.2) is 71.3 Å². The molecule has 0 bridgehead atoms. The highest BCUT2D eigenvalue weighted by Gasteiger charge is 2.42. The second-order valence-electron chi connectivity index (χ2n) is 7.28. The van der Waals surface area contributed by atoms with E-state index < -0.39 is 5.92 Å². The van der Waals surface area contributed by atoms with Crippen LogP contribution in [-0.4, -0.2) is 20.0 Å². The van der Waals surface area contributed by atoms with Crippen molar-refractivity contribution in [3.8, 4) is 17.6 Å². The molecule has 152 valence electrons. The van der Waals surface area contributed by atoms with Crippen LogP contribution in [0, 0.1) is 11.3 Å². The number of Topliss-reactive ketones (excluding diaryl/α,β-unsaturated/α-hetero) is 1. The Morgan fingerprint density at radius 3 is 2.50 bits per heavy atom. The summed E-state index contributed by atoms with van der Waals surface area (Å²) in [5.41, 5.74) is 8.53. The predicted octanol–water partition coefficient (Wildman–Crippen LogP) is 3.91. The van der Waals surface area contributed by atoms with Crippen molar-refractivity contribution in [3.63, 3.8) is 0 Å². The van der Waals surface area contributed by atoms with Crippen LogP contribution in [0.3, 0.4) is 0 Å². The summed E-state index contributed by atoms with van der Waals surface area (Å²) in [6, 6.07) is 17.4. The highest BCUT2D eigenvalue weighted by molar-refractivity contribution is 6.00. The van der Waals surface area contributed by atoms with E-state index in [1.54, 1.807) is 19.2 Å². The number of rotatable bonds is 4. The molecule has 0 fully saturated rings. The van der Waals surface area contributed by atoms with Crippen molar-refractivity contribution in [3.05, 3.63) is 82.4 Å². The molecule has 6 nitrogen and oxygen atoms in total. The molecular formula is C24H22N2O4. The van der Waals surface area contributed by atoms with Crippen LogP contribution in [0.1, 0.15) is 35.8 Å². The monoisotopic (exact) mass is 402 g/mol. The third-order valence-electron chi connectivity index (χ3n) is 5.68. The molecule has 2 aliphatic rings. The molecule has 2 aromatic carbocycles. The first-order chi connectivity index (χ1) is 14.6. The Morgan fingerprint density at radius 2 is 1.83 bits per heavy atom. The fraction of sp³-hybridized carbons (Fsp3) is 0.250. The molecule has 1 aliphatic heterocycles. The molecule has 4 rings (SSSR count). The van der Waals surface area contributed by atoms with Gasteiger partial charge in [-0.15, -0.1) is 0 Å². The van der Waals surface area contributed by atoms with Gasteiger partial charge in [0.15, 0.2) is 17.3 Å². The van der Waals surface area contributed by atoms with Crippen LogP contribution in [0.25, 0.3) is 0 Å². The Kier molecular flexibility index (Phi) is 5.20. The van der Waals surface area contributed by atoms with Gasteiger partial charge in [0.25, 0.3) is 0 Å². The van der Waals surface area contributed by atoms with Gasteiger partial charge in [0, 0.05) is 24.0 Å². The van der Waals surface area contributed by atoms with Gasteiger partial charge in [0.1, 0.15) is 17.4 Å². The topological polar surface area (TPSA) is 94.6 Å². The fourth-order valence-electron chi connectivity index (χ4n) is 4.32. The molecule has 0 aromatic heterocycles. The molecule has 1 heterocycles. The van der Waals surface area contributed by atoms with E-state index in [2.05, 4.69) is 6.07 Å². The smallest absolute Gasteiger partial charge is 0.205 e. The van der Waals surface area contributed by atoms with Gasteiger partial charge >= 0.3 is 0 Å². The van der Waals surface area contributed by atoms with Gasteiger partial charge in [0.05, 0.1) is 20.1 Å². The third-order valence-corrected chi connectivity index (χ3v) is 5.68. The maximum atomic E-state index is 13.3. The second-order valence-corrected chi connectivity index (χ2v) is 7.28. The van der Waals surface area contributed by atoms with Gasteiger partial charge in [-0.3, -0.25) is 4.79 Å². The largest absolute Gasteiger partial charge is 0.493 e. The number of benzene rings is 2. The summed E-state index contributed by atoms with van der Waals surface area (Å²) >= 11 is 0. The minimum atomic E-state index is -0.659. The van der Waals surface area contributed by atoms with Crippen LogP contribution in [-0.2, 0) is 9.53 Å². The molecule has 2 unspecified atom stereocenters. The number of carbonyl (C=O) groups excluding carboxylic acids is 1. The standard InChI is InChI=1S/C24H22N2O4/c1-28-19-10-6-9-16(23(19)29-2)21-17(13-25)24(26)30-20-12-15(11-18(27)22(20)21)14-7-4-3-5-8-14/h3-10,15,21H,11-12,26H2,1-2H3. The number of nitrogens with two attached hydrogens (primary N) is 1. The number of allylic oxidation sites excluding steroid dienone is 3. The molecule has 0 amide bonds. The number of nitrogens with zero attached hydrogens (tertiary/aromatic N) is 1. The lowest BCUT2D eigenvalue weighted by molar-refractivity contribution is -0.117. The molecule has 0 spiro atoms. The van der Waals surface area contributed by atoms with E-state index in [0.717, 1.165) is 5.56 Å². The highest BCUT2D eigenvalue weighted by Crippen LogP contribution is 2.49. The van der Waals surface area contributed by atoms with Gasteiger partial charge in [-0.25, -0.2) is 0 Å². The van der Waals surface area contributed by atoms with Gasteiger partial charge < -0.3 is 19.9 Å². The van der Waals surface area contributed by atoms with Crippen molar-refractivity contribution in [2.45, 2.75) is 24.7 Å². The zero-order valence-corrected chi connectivity index (χ0v) is 16.8. The average Bonchev–Trinajstić information content (AvgIpc) is 2.77. The molecule has 0 saturated carbocycles. The van der Waals surface area contributed by atoms with Crippen molar-refractivity contribution in [2.24, 2.45) is 5.73 Å². The van der Waals surface area contributed by atoms with Crippen LogP contribution >= 0.6 is 0 Å². The normalized spacial score (nSPS) is 20.9. The number of methoxy groups -OCH3 is 2.